The molecule has 0 fully saturated rings. The fourth-order valence-corrected chi connectivity index (χ4v) is 1.86. The number of nitrogens with two attached hydrogens (primary N) is 1. The largest absolute Gasteiger partial charge is 0.486 e. The SMILES string of the molecule is Cn1ncc2c(N)nc(COc3cccc(F)c3)nc21. The topological polar surface area (TPSA) is 78.9 Å². The molecule has 0 saturated heterocycles. The molecule has 2 heterocycles. The molecular weight excluding hydrogens is 261 g/mol. The van der Waals surface area contributed by atoms with Crippen LogP contribution < -0.4 is 10.5 Å². The molecule has 0 aliphatic rings. The van der Waals surface area contributed by atoms with Crippen molar-refractivity contribution in [1.82, 2.24) is 19.7 Å². The van der Waals surface area contributed by atoms with Gasteiger partial charge in [-0.3, -0.25) is 4.68 Å². The molecule has 7 heteroatoms. The van der Waals surface area contributed by atoms with E-state index in [-0.39, 0.29) is 12.4 Å². The zero-order valence-corrected chi connectivity index (χ0v) is 10.7. The Hall–Kier alpha value is -2.70. The number of nitrogen functional groups attached to an aromatic ring is 1. The number of hydrogen-bond acceptors (Lipinski definition) is 5. The van der Waals surface area contributed by atoms with Crippen molar-refractivity contribution >= 4 is 16.9 Å². The number of rotatable bonds is 3. The summed E-state index contributed by atoms with van der Waals surface area (Å²) in [5.74, 6) is 0.825. The molecule has 0 aliphatic heterocycles. The summed E-state index contributed by atoms with van der Waals surface area (Å²) in [6.07, 6.45) is 1.61. The molecule has 6 nitrogen and oxygen atoms in total. The molecule has 20 heavy (non-hydrogen) atoms. The van der Waals surface area contributed by atoms with Crippen LogP contribution in [0.5, 0.6) is 5.75 Å². The van der Waals surface area contributed by atoms with Crippen LogP contribution in [0.1, 0.15) is 5.82 Å². The van der Waals surface area contributed by atoms with E-state index in [9.17, 15) is 4.39 Å². The minimum atomic E-state index is -0.356. The molecule has 1 aromatic carbocycles. The highest BCUT2D eigenvalue weighted by molar-refractivity contribution is 5.84. The van der Waals surface area contributed by atoms with Crippen molar-refractivity contribution in [3.8, 4) is 5.75 Å². The van der Waals surface area contributed by atoms with Crippen LogP contribution in [0, 0.1) is 5.82 Å². The Bertz CT molecular complexity index is 771. The second-order valence-electron chi connectivity index (χ2n) is 4.28. The van der Waals surface area contributed by atoms with Crippen LogP contribution in [0.3, 0.4) is 0 Å². The van der Waals surface area contributed by atoms with Gasteiger partial charge in [0.25, 0.3) is 0 Å². The van der Waals surface area contributed by atoms with Crippen LogP contribution >= 0.6 is 0 Å². The Kier molecular flexibility index (Phi) is 2.94. The van der Waals surface area contributed by atoms with Gasteiger partial charge in [-0.1, -0.05) is 6.07 Å². The molecule has 102 valence electrons. The van der Waals surface area contributed by atoms with Crippen molar-refractivity contribution in [2.75, 3.05) is 5.73 Å². The van der Waals surface area contributed by atoms with Crippen molar-refractivity contribution in [2.24, 2.45) is 7.05 Å². The van der Waals surface area contributed by atoms with Crippen molar-refractivity contribution in [3.63, 3.8) is 0 Å². The molecular formula is C13H12FN5O. The number of fused-ring (bicyclic) bond motifs is 1. The first-order chi connectivity index (χ1) is 9.63. The van der Waals surface area contributed by atoms with E-state index in [1.165, 1.54) is 12.1 Å². The number of nitrogens with zero attached hydrogens (tertiary/aromatic N) is 4. The molecule has 0 aliphatic carbocycles. The third kappa shape index (κ3) is 2.25. The molecule has 0 atom stereocenters. The van der Waals surface area contributed by atoms with E-state index in [0.717, 1.165) is 0 Å². The van der Waals surface area contributed by atoms with Crippen molar-refractivity contribution in [2.45, 2.75) is 6.61 Å². The lowest BCUT2D eigenvalue weighted by molar-refractivity contribution is 0.295. The van der Waals surface area contributed by atoms with Gasteiger partial charge in [0.1, 0.15) is 24.0 Å². The third-order valence-electron chi connectivity index (χ3n) is 2.83. The lowest BCUT2D eigenvalue weighted by Gasteiger charge is -2.06. The second kappa shape index (κ2) is 4.76. The third-order valence-corrected chi connectivity index (χ3v) is 2.83. The van der Waals surface area contributed by atoms with Gasteiger partial charge in [0.05, 0.1) is 11.6 Å². The number of benzene rings is 1. The summed E-state index contributed by atoms with van der Waals surface area (Å²) in [4.78, 5) is 8.47. The highest BCUT2D eigenvalue weighted by Crippen LogP contribution is 2.18. The van der Waals surface area contributed by atoms with Gasteiger partial charge in [-0.05, 0) is 12.1 Å². The maximum atomic E-state index is 13.0. The van der Waals surface area contributed by atoms with E-state index in [1.54, 1.807) is 30.1 Å². The van der Waals surface area contributed by atoms with E-state index in [4.69, 9.17) is 10.5 Å². The number of aryl methyl sites for hydroxylation is 1. The Morgan fingerprint density at radius 1 is 1.35 bits per heavy atom. The van der Waals surface area contributed by atoms with E-state index in [1.807, 2.05) is 0 Å². The van der Waals surface area contributed by atoms with E-state index >= 15 is 0 Å². The number of hydrogen-bond donors (Lipinski definition) is 1. The molecule has 0 amide bonds. The molecule has 0 unspecified atom stereocenters. The summed E-state index contributed by atoms with van der Waals surface area (Å²) in [6, 6.07) is 5.88. The first kappa shape index (κ1) is 12.3. The maximum absolute atomic E-state index is 13.0. The molecule has 3 aromatic rings. The Morgan fingerprint density at radius 2 is 2.20 bits per heavy atom. The summed E-state index contributed by atoms with van der Waals surface area (Å²) in [6.45, 7) is 0.106. The van der Waals surface area contributed by atoms with Crippen LogP contribution in [0.15, 0.2) is 30.5 Å². The van der Waals surface area contributed by atoms with E-state index in [2.05, 4.69) is 15.1 Å². The summed E-state index contributed by atoms with van der Waals surface area (Å²) in [5.41, 5.74) is 6.48. The molecule has 0 spiro atoms. The zero-order chi connectivity index (χ0) is 14.1. The molecule has 3 rings (SSSR count). The Labute approximate surface area is 114 Å². The maximum Gasteiger partial charge on any atom is 0.170 e. The second-order valence-corrected chi connectivity index (χ2v) is 4.28. The van der Waals surface area contributed by atoms with Crippen LogP contribution in [0.2, 0.25) is 0 Å². The van der Waals surface area contributed by atoms with Gasteiger partial charge >= 0.3 is 0 Å². The Morgan fingerprint density at radius 3 is 3.00 bits per heavy atom. The van der Waals surface area contributed by atoms with E-state index in [0.29, 0.717) is 28.4 Å². The lowest BCUT2D eigenvalue weighted by atomic mass is 10.3. The van der Waals surface area contributed by atoms with Crippen molar-refractivity contribution < 1.29 is 9.13 Å². The monoisotopic (exact) mass is 273 g/mol. The molecule has 0 radical (unpaired) electrons. The zero-order valence-electron chi connectivity index (χ0n) is 10.7. The summed E-state index contributed by atoms with van der Waals surface area (Å²) < 4.78 is 20.1. The van der Waals surface area contributed by atoms with Crippen LogP contribution in [0.25, 0.3) is 11.0 Å². The fraction of sp³-hybridized carbons (Fsp3) is 0.154. The highest BCUT2D eigenvalue weighted by atomic mass is 19.1. The lowest BCUT2D eigenvalue weighted by Crippen LogP contribution is -2.06. The van der Waals surface area contributed by atoms with Gasteiger partial charge in [0, 0.05) is 13.1 Å². The smallest absolute Gasteiger partial charge is 0.170 e. The van der Waals surface area contributed by atoms with Gasteiger partial charge in [0.15, 0.2) is 11.5 Å². The first-order valence-corrected chi connectivity index (χ1v) is 5.96. The van der Waals surface area contributed by atoms with Gasteiger partial charge < -0.3 is 10.5 Å². The summed E-state index contributed by atoms with van der Waals surface area (Å²) >= 11 is 0. The first-order valence-electron chi connectivity index (χ1n) is 5.96. The average molecular weight is 273 g/mol. The predicted molar refractivity (Wildman–Crippen MR) is 71.4 cm³/mol. The minimum absolute atomic E-state index is 0.106. The van der Waals surface area contributed by atoms with Crippen molar-refractivity contribution in [3.05, 3.63) is 42.1 Å². The van der Waals surface area contributed by atoms with Crippen LogP contribution in [-0.2, 0) is 13.7 Å². The highest BCUT2D eigenvalue weighted by Gasteiger charge is 2.09. The number of halogens is 1. The summed E-state index contributed by atoms with van der Waals surface area (Å²) in [7, 11) is 1.77. The van der Waals surface area contributed by atoms with Crippen LogP contribution in [0.4, 0.5) is 10.2 Å². The van der Waals surface area contributed by atoms with Gasteiger partial charge in [-0.25, -0.2) is 14.4 Å². The van der Waals surface area contributed by atoms with Gasteiger partial charge in [-0.15, -0.1) is 0 Å². The predicted octanol–water partition coefficient (Wildman–Crippen LogP) is 1.66. The quantitative estimate of drug-likeness (QED) is 0.785. The molecule has 2 aromatic heterocycles. The average Bonchev–Trinajstić information content (AvgIpc) is 2.79. The summed E-state index contributed by atoms with van der Waals surface area (Å²) in [5, 5.41) is 4.77. The van der Waals surface area contributed by atoms with Crippen molar-refractivity contribution in [1.29, 1.82) is 0 Å². The molecule has 0 bridgehead atoms. The standard InChI is InChI=1S/C13H12FN5O/c1-19-13-10(6-16-19)12(15)17-11(18-13)7-20-9-4-2-3-8(14)5-9/h2-6H,7H2,1H3,(H2,15,17,18). The normalized spacial score (nSPS) is 10.9. The van der Waals surface area contributed by atoms with Gasteiger partial charge in [0.2, 0.25) is 0 Å². The van der Waals surface area contributed by atoms with Crippen LogP contribution in [-0.4, -0.2) is 19.7 Å². The number of anilines is 1. The minimum Gasteiger partial charge on any atom is -0.486 e. The van der Waals surface area contributed by atoms with Gasteiger partial charge in [-0.2, -0.15) is 5.10 Å². The molecule has 0 saturated carbocycles. The fourth-order valence-electron chi connectivity index (χ4n) is 1.86. The Balaban J connectivity index is 1.86. The van der Waals surface area contributed by atoms with E-state index < -0.39 is 0 Å². The molecule has 2 N–H and O–H groups in total. The number of ether oxygens (including phenoxy) is 1. The number of aromatic nitrogens is 4.